The van der Waals surface area contributed by atoms with Crippen molar-refractivity contribution in [2.75, 3.05) is 12.9 Å². The Hall–Kier alpha value is -2.13. The molecule has 0 aliphatic rings. The summed E-state index contributed by atoms with van der Waals surface area (Å²) >= 11 is 1.35. The van der Waals surface area contributed by atoms with E-state index in [1.54, 1.807) is 0 Å². The fourth-order valence-electron chi connectivity index (χ4n) is 1.78. The number of para-hydroxylation sites is 1. The molecule has 1 atom stereocenters. The first-order chi connectivity index (χ1) is 11.0. The first-order valence-corrected chi connectivity index (χ1v) is 8.64. The van der Waals surface area contributed by atoms with Crippen LogP contribution in [0.3, 0.4) is 0 Å². The molecule has 1 unspecified atom stereocenters. The van der Waals surface area contributed by atoms with Gasteiger partial charge in [-0.05, 0) is 39.2 Å². The second-order valence-corrected chi connectivity index (χ2v) is 6.13. The molecule has 0 bridgehead atoms. The summed E-state index contributed by atoms with van der Waals surface area (Å²) in [4.78, 5) is 12.3. The number of nitriles is 1. The molecule has 0 aromatic heterocycles. The molecule has 1 rings (SSSR count). The van der Waals surface area contributed by atoms with E-state index in [2.05, 4.69) is 10.6 Å². The highest BCUT2D eigenvalue weighted by Crippen LogP contribution is 2.15. The first kappa shape index (κ1) is 18.9. The lowest BCUT2D eigenvalue weighted by molar-refractivity contribution is -0.117. The standard InChI is InChI=1S/C17H23N3O2S/c1-12(2)19-17(23-4)15(10-18)16(21)20-13(3)11-22-14-8-6-5-7-9-14/h5-9,12-13,19H,11H2,1-4H3,(H,20,21)/b17-15+. The number of rotatable bonds is 8. The molecule has 5 nitrogen and oxygen atoms in total. The minimum atomic E-state index is -0.394. The van der Waals surface area contributed by atoms with Crippen LogP contribution in [-0.4, -0.2) is 30.9 Å². The van der Waals surface area contributed by atoms with Gasteiger partial charge in [0.15, 0.2) is 0 Å². The Kier molecular flexibility index (Phi) is 8.06. The minimum Gasteiger partial charge on any atom is -0.491 e. The molecule has 0 saturated carbocycles. The Bertz CT molecular complexity index is 579. The van der Waals surface area contributed by atoms with Crippen molar-refractivity contribution in [3.8, 4) is 11.8 Å². The lowest BCUT2D eigenvalue weighted by atomic mass is 10.2. The second-order valence-electron chi connectivity index (χ2n) is 5.32. The molecule has 0 radical (unpaired) electrons. The third-order valence-electron chi connectivity index (χ3n) is 2.81. The molecule has 1 aromatic carbocycles. The number of hydrogen-bond donors (Lipinski definition) is 2. The number of thioether (sulfide) groups is 1. The van der Waals surface area contributed by atoms with Crippen LogP contribution in [0, 0.1) is 11.3 Å². The molecule has 23 heavy (non-hydrogen) atoms. The lowest BCUT2D eigenvalue weighted by Crippen LogP contribution is -2.38. The van der Waals surface area contributed by atoms with Crippen molar-refractivity contribution in [3.05, 3.63) is 40.9 Å². The average molecular weight is 333 g/mol. The summed E-state index contributed by atoms with van der Waals surface area (Å²) in [6.07, 6.45) is 1.83. The number of carbonyl (C=O) groups excluding carboxylic acids is 1. The van der Waals surface area contributed by atoms with E-state index in [1.165, 1.54) is 11.8 Å². The molecule has 0 aliphatic carbocycles. The zero-order valence-corrected chi connectivity index (χ0v) is 14.7. The molecular formula is C17H23N3O2S. The van der Waals surface area contributed by atoms with E-state index in [0.717, 1.165) is 5.75 Å². The number of nitrogens with zero attached hydrogens (tertiary/aromatic N) is 1. The van der Waals surface area contributed by atoms with Gasteiger partial charge in [0.05, 0.1) is 11.1 Å². The quantitative estimate of drug-likeness (QED) is 0.565. The molecule has 0 heterocycles. The lowest BCUT2D eigenvalue weighted by Gasteiger charge is -2.17. The zero-order chi connectivity index (χ0) is 17.2. The van der Waals surface area contributed by atoms with Crippen LogP contribution in [0.1, 0.15) is 20.8 Å². The highest BCUT2D eigenvalue weighted by molar-refractivity contribution is 8.02. The predicted molar refractivity (Wildman–Crippen MR) is 94.0 cm³/mol. The van der Waals surface area contributed by atoms with E-state index in [-0.39, 0.29) is 17.7 Å². The highest BCUT2D eigenvalue weighted by Gasteiger charge is 2.18. The molecule has 0 spiro atoms. The van der Waals surface area contributed by atoms with Crippen LogP contribution in [0.5, 0.6) is 5.75 Å². The van der Waals surface area contributed by atoms with Crippen LogP contribution in [0.15, 0.2) is 40.9 Å². The Morgan fingerprint density at radius 3 is 2.43 bits per heavy atom. The molecule has 6 heteroatoms. The molecule has 0 saturated heterocycles. The topological polar surface area (TPSA) is 74.2 Å². The van der Waals surface area contributed by atoms with Crippen LogP contribution >= 0.6 is 11.8 Å². The summed E-state index contributed by atoms with van der Waals surface area (Å²) in [7, 11) is 0. The van der Waals surface area contributed by atoms with Gasteiger partial charge in [0.1, 0.15) is 24.0 Å². The summed E-state index contributed by atoms with van der Waals surface area (Å²) in [5, 5.41) is 15.8. The number of nitrogens with one attached hydrogen (secondary N) is 2. The van der Waals surface area contributed by atoms with Gasteiger partial charge in [-0.1, -0.05) is 18.2 Å². The van der Waals surface area contributed by atoms with E-state index in [1.807, 2.05) is 63.4 Å². The van der Waals surface area contributed by atoms with Gasteiger partial charge in [-0.25, -0.2) is 0 Å². The number of carbonyl (C=O) groups is 1. The maximum atomic E-state index is 12.3. The molecule has 124 valence electrons. The largest absolute Gasteiger partial charge is 0.491 e. The number of benzene rings is 1. The van der Waals surface area contributed by atoms with Crippen molar-refractivity contribution in [2.45, 2.75) is 32.9 Å². The Morgan fingerprint density at radius 1 is 1.26 bits per heavy atom. The van der Waals surface area contributed by atoms with Gasteiger partial charge >= 0.3 is 0 Å². The molecule has 0 aliphatic heterocycles. The molecule has 0 fully saturated rings. The summed E-state index contributed by atoms with van der Waals surface area (Å²) in [6.45, 7) is 6.09. The zero-order valence-electron chi connectivity index (χ0n) is 13.9. The smallest absolute Gasteiger partial charge is 0.264 e. The van der Waals surface area contributed by atoms with Gasteiger partial charge in [0, 0.05) is 6.04 Å². The SMILES string of the molecule is CS/C(NC(C)C)=C(\C#N)C(=O)NC(C)COc1ccccc1. The molecule has 1 amide bonds. The van der Waals surface area contributed by atoms with Crippen LogP contribution in [0.2, 0.25) is 0 Å². The van der Waals surface area contributed by atoms with Crippen molar-refractivity contribution >= 4 is 17.7 Å². The van der Waals surface area contributed by atoms with Gasteiger partial charge in [0.2, 0.25) is 0 Å². The van der Waals surface area contributed by atoms with Crippen LogP contribution in [0.4, 0.5) is 0 Å². The summed E-state index contributed by atoms with van der Waals surface area (Å²) in [5.74, 6) is 0.352. The third-order valence-corrected chi connectivity index (χ3v) is 3.54. The van der Waals surface area contributed by atoms with Crippen LogP contribution in [0.25, 0.3) is 0 Å². The highest BCUT2D eigenvalue weighted by atomic mass is 32.2. The number of hydrogen-bond acceptors (Lipinski definition) is 5. The summed E-state index contributed by atoms with van der Waals surface area (Å²) in [5.41, 5.74) is 0.0951. The predicted octanol–water partition coefficient (Wildman–Crippen LogP) is 2.67. The fourth-order valence-corrected chi connectivity index (χ4v) is 2.47. The molecule has 2 N–H and O–H groups in total. The van der Waals surface area contributed by atoms with Gasteiger partial charge in [0.25, 0.3) is 5.91 Å². The average Bonchev–Trinajstić information content (AvgIpc) is 2.53. The van der Waals surface area contributed by atoms with Gasteiger partial charge in [-0.3, -0.25) is 4.79 Å². The fraction of sp³-hybridized carbons (Fsp3) is 0.412. The summed E-state index contributed by atoms with van der Waals surface area (Å²) < 4.78 is 5.60. The van der Waals surface area contributed by atoms with Gasteiger partial charge in [-0.2, -0.15) is 5.26 Å². The molecule has 1 aromatic rings. The van der Waals surface area contributed by atoms with E-state index >= 15 is 0 Å². The van der Waals surface area contributed by atoms with Crippen molar-refractivity contribution in [1.29, 1.82) is 5.26 Å². The van der Waals surface area contributed by atoms with Crippen molar-refractivity contribution in [3.63, 3.8) is 0 Å². The number of ether oxygens (including phenoxy) is 1. The van der Waals surface area contributed by atoms with Crippen LogP contribution in [-0.2, 0) is 4.79 Å². The minimum absolute atomic E-state index is 0.0951. The van der Waals surface area contributed by atoms with Gasteiger partial charge in [-0.15, -0.1) is 11.8 Å². The Labute approximate surface area is 142 Å². The van der Waals surface area contributed by atoms with E-state index < -0.39 is 5.91 Å². The van der Waals surface area contributed by atoms with Gasteiger partial charge < -0.3 is 15.4 Å². The number of amides is 1. The maximum absolute atomic E-state index is 12.3. The maximum Gasteiger partial charge on any atom is 0.264 e. The monoisotopic (exact) mass is 333 g/mol. The third kappa shape index (κ3) is 6.66. The van der Waals surface area contributed by atoms with E-state index in [9.17, 15) is 10.1 Å². The van der Waals surface area contributed by atoms with Crippen molar-refractivity contribution in [1.82, 2.24) is 10.6 Å². The van der Waals surface area contributed by atoms with E-state index in [0.29, 0.717) is 11.6 Å². The van der Waals surface area contributed by atoms with Crippen molar-refractivity contribution in [2.24, 2.45) is 0 Å². The second kappa shape index (κ2) is 9.80. The van der Waals surface area contributed by atoms with Crippen LogP contribution < -0.4 is 15.4 Å². The molecular weight excluding hydrogens is 310 g/mol. The first-order valence-electron chi connectivity index (χ1n) is 7.41. The van der Waals surface area contributed by atoms with Crippen molar-refractivity contribution < 1.29 is 9.53 Å². The Balaban J connectivity index is 2.65. The normalized spacial score (nSPS) is 12.9. The van der Waals surface area contributed by atoms with E-state index in [4.69, 9.17) is 4.74 Å². The summed E-state index contributed by atoms with van der Waals surface area (Å²) in [6, 6.07) is 11.3. The Morgan fingerprint density at radius 2 is 1.91 bits per heavy atom.